The van der Waals surface area contributed by atoms with Gasteiger partial charge in [-0.05, 0) is 71.6 Å². The summed E-state index contributed by atoms with van der Waals surface area (Å²) in [5.74, 6) is -1.54. The van der Waals surface area contributed by atoms with Crippen molar-refractivity contribution in [3.63, 3.8) is 0 Å². The van der Waals surface area contributed by atoms with Crippen molar-refractivity contribution in [3.05, 3.63) is 40.6 Å². The summed E-state index contributed by atoms with van der Waals surface area (Å²) in [5, 5.41) is 11.7. The standard InChI is InChI=1S/C22H31BFNO6/c1-20(2,3)29-19(28)25-13-16(23-30-21(4,5)22(6,7)31-23)12-15-10-14(11-18(26)27)8-9-17(15)24/h8-10,12H,11,13H2,1-7H3,(H,25,28)(H,26,27). The number of hydrogen-bond donors (Lipinski definition) is 2. The van der Waals surface area contributed by atoms with Crippen molar-refractivity contribution >= 4 is 25.3 Å². The van der Waals surface area contributed by atoms with E-state index in [4.69, 9.17) is 19.2 Å². The van der Waals surface area contributed by atoms with Crippen LogP contribution in [0.2, 0.25) is 0 Å². The number of carbonyl (C=O) groups excluding carboxylic acids is 1. The fraction of sp³-hybridized carbons (Fsp3) is 0.545. The molecular weight excluding hydrogens is 404 g/mol. The molecule has 1 aromatic rings. The molecule has 1 saturated heterocycles. The molecule has 0 atom stereocenters. The van der Waals surface area contributed by atoms with E-state index < -0.39 is 41.8 Å². The SMILES string of the molecule is CC(C)(C)OC(=O)NCC(=Cc1cc(CC(=O)O)ccc1F)B1OC(C)(C)C(C)(C)O1. The van der Waals surface area contributed by atoms with Crippen LogP contribution >= 0.6 is 0 Å². The second kappa shape index (κ2) is 9.00. The van der Waals surface area contributed by atoms with Gasteiger partial charge in [-0.25, -0.2) is 9.18 Å². The number of alkyl carbamates (subject to hydrolysis) is 1. The van der Waals surface area contributed by atoms with Gasteiger partial charge >= 0.3 is 19.2 Å². The van der Waals surface area contributed by atoms with Gasteiger partial charge in [0.05, 0.1) is 17.6 Å². The smallest absolute Gasteiger partial charge is 0.481 e. The van der Waals surface area contributed by atoms with Crippen LogP contribution in [-0.2, 0) is 25.3 Å². The first-order chi connectivity index (χ1) is 14.1. The van der Waals surface area contributed by atoms with Crippen molar-refractivity contribution in [3.8, 4) is 0 Å². The lowest BCUT2D eigenvalue weighted by Crippen LogP contribution is -2.41. The minimum Gasteiger partial charge on any atom is -0.481 e. The minimum absolute atomic E-state index is 0.00562. The van der Waals surface area contributed by atoms with Gasteiger partial charge < -0.3 is 24.5 Å². The number of carboxylic acid groups (broad SMARTS) is 1. The summed E-state index contributed by atoms with van der Waals surface area (Å²) in [6, 6.07) is 4.10. The Hall–Kier alpha value is -2.39. The summed E-state index contributed by atoms with van der Waals surface area (Å²) in [5.41, 5.74) is -0.840. The molecule has 1 amide bonds. The third kappa shape index (κ3) is 6.80. The van der Waals surface area contributed by atoms with E-state index in [1.54, 1.807) is 20.8 Å². The maximum absolute atomic E-state index is 14.5. The fourth-order valence-corrected chi connectivity index (χ4v) is 2.87. The van der Waals surface area contributed by atoms with Crippen molar-refractivity contribution in [2.75, 3.05) is 6.54 Å². The highest BCUT2D eigenvalue weighted by molar-refractivity contribution is 6.56. The highest BCUT2D eigenvalue weighted by Crippen LogP contribution is 2.38. The van der Waals surface area contributed by atoms with Crippen molar-refractivity contribution in [2.45, 2.75) is 71.7 Å². The van der Waals surface area contributed by atoms with Crippen molar-refractivity contribution in [2.24, 2.45) is 0 Å². The van der Waals surface area contributed by atoms with E-state index in [2.05, 4.69) is 5.32 Å². The van der Waals surface area contributed by atoms with E-state index >= 15 is 0 Å². The summed E-state index contributed by atoms with van der Waals surface area (Å²) in [7, 11) is -0.831. The molecule has 0 bridgehead atoms. The molecule has 1 heterocycles. The number of nitrogens with one attached hydrogen (secondary N) is 1. The fourth-order valence-electron chi connectivity index (χ4n) is 2.87. The van der Waals surface area contributed by atoms with Crippen LogP contribution in [0.3, 0.4) is 0 Å². The summed E-state index contributed by atoms with van der Waals surface area (Å²) in [4.78, 5) is 23.2. The molecule has 0 saturated carbocycles. The van der Waals surface area contributed by atoms with E-state index in [0.717, 1.165) is 0 Å². The molecule has 0 spiro atoms. The third-order valence-electron chi connectivity index (χ3n) is 5.15. The molecule has 0 radical (unpaired) electrons. The van der Waals surface area contributed by atoms with Gasteiger partial charge in [0.15, 0.2) is 0 Å². The summed E-state index contributed by atoms with van der Waals surface area (Å²) < 4.78 is 31.9. The minimum atomic E-state index is -1.01. The number of hydrogen-bond acceptors (Lipinski definition) is 5. The summed E-state index contributed by atoms with van der Waals surface area (Å²) in [6.07, 6.45) is 0.651. The Bertz CT molecular complexity index is 859. The van der Waals surface area contributed by atoms with Crippen LogP contribution in [0, 0.1) is 5.82 Å². The Morgan fingerprint density at radius 1 is 1.19 bits per heavy atom. The lowest BCUT2D eigenvalue weighted by molar-refractivity contribution is -0.136. The molecule has 0 aliphatic carbocycles. The molecular formula is C22H31BFNO6. The molecule has 1 fully saturated rings. The Balaban J connectivity index is 2.36. The van der Waals surface area contributed by atoms with Crippen molar-refractivity contribution in [1.29, 1.82) is 0 Å². The Labute approximate surface area is 183 Å². The van der Waals surface area contributed by atoms with Crippen LogP contribution in [0.15, 0.2) is 23.7 Å². The Morgan fingerprint density at radius 2 is 1.77 bits per heavy atom. The predicted molar refractivity (Wildman–Crippen MR) is 116 cm³/mol. The Kier molecular flexibility index (Phi) is 7.23. The summed E-state index contributed by atoms with van der Waals surface area (Å²) >= 11 is 0. The van der Waals surface area contributed by atoms with Gasteiger partial charge in [0.25, 0.3) is 0 Å². The molecule has 170 valence electrons. The van der Waals surface area contributed by atoms with Gasteiger partial charge in [0, 0.05) is 12.1 Å². The number of carboxylic acids is 1. The van der Waals surface area contributed by atoms with Gasteiger partial charge in [-0.15, -0.1) is 0 Å². The average molecular weight is 435 g/mol. The number of benzene rings is 1. The zero-order valence-corrected chi connectivity index (χ0v) is 19.2. The zero-order valence-electron chi connectivity index (χ0n) is 19.2. The van der Waals surface area contributed by atoms with E-state index in [-0.39, 0.29) is 18.5 Å². The molecule has 31 heavy (non-hydrogen) atoms. The van der Waals surface area contributed by atoms with Crippen LogP contribution < -0.4 is 5.32 Å². The first-order valence-corrected chi connectivity index (χ1v) is 10.1. The molecule has 1 aliphatic rings. The second-order valence-corrected chi connectivity index (χ2v) is 9.59. The third-order valence-corrected chi connectivity index (χ3v) is 5.15. The second-order valence-electron chi connectivity index (χ2n) is 9.59. The molecule has 2 rings (SSSR count). The lowest BCUT2D eigenvalue weighted by atomic mass is 9.77. The largest absolute Gasteiger partial charge is 0.492 e. The van der Waals surface area contributed by atoms with Crippen LogP contribution in [0.1, 0.15) is 59.6 Å². The van der Waals surface area contributed by atoms with E-state index in [0.29, 0.717) is 11.0 Å². The topological polar surface area (TPSA) is 94.1 Å². The monoisotopic (exact) mass is 435 g/mol. The van der Waals surface area contributed by atoms with Gasteiger partial charge in [0.1, 0.15) is 11.4 Å². The number of rotatable bonds is 6. The van der Waals surface area contributed by atoms with Crippen molar-refractivity contribution in [1.82, 2.24) is 5.32 Å². The van der Waals surface area contributed by atoms with Crippen LogP contribution in [0.25, 0.3) is 6.08 Å². The number of amides is 1. The highest BCUT2D eigenvalue weighted by atomic mass is 19.1. The maximum atomic E-state index is 14.5. The zero-order chi connectivity index (χ0) is 23.6. The first kappa shape index (κ1) is 24.9. The lowest BCUT2D eigenvalue weighted by Gasteiger charge is -2.32. The van der Waals surface area contributed by atoms with Gasteiger partial charge in [-0.2, -0.15) is 0 Å². The molecule has 0 unspecified atom stereocenters. The number of carbonyl (C=O) groups is 2. The predicted octanol–water partition coefficient (Wildman–Crippen LogP) is 3.99. The Morgan fingerprint density at radius 3 is 2.29 bits per heavy atom. The van der Waals surface area contributed by atoms with E-state index in [9.17, 15) is 14.0 Å². The number of halogens is 1. The molecule has 1 aliphatic heterocycles. The molecule has 7 nitrogen and oxygen atoms in total. The number of aliphatic carboxylic acids is 1. The molecule has 9 heteroatoms. The first-order valence-electron chi connectivity index (χ1n) is 10.1. The molecule has 1 aromatic carbocycles. The summed E-state index contributed by atoms with van der Waals surface area (Å²) in [6.45, 7) is 12.8. The van der Waals surface area contributed by atoms with Crippen LogP contribution in [0.4, 0.5) is 9.18 Å². The normalized spacial score (nSPS) is 18.1. The van der Waals surface area contributed by atoms with Gasteiger partial charge in [-0.1, -0.05) is 12.1 Å². The maximum Gasteiger partial charge on any atom is 0.492 e. The van der Waals surface area contributed by atoms with Crippen LogP contribution in [-0.4, -0.2) is 47.6 Å². The molecule has 0 aromatic heterocycles. The molecule has 2 N–H and O–H groups in total. The highest BCUT2D eigenvalue weighted by Gasteiger charge is 2.52. The average Bonchev–Trinajstić information content (AvgIpc) is 2.79. The van der Waals surface area contributed by atoms with Crippen molar-refractivity contribution < 1.29 is 33.1 Å². The number of ether oxygens (including phenoxy) is 1. The van der Waals surface area contributed by atoms with Gasteiger partial charge in [-0.3, -0.25) is 4.79 Å². The van der Waals surface area contributed by atoms with E-state index in [1.807, 2.05) is 27.7 Å². The van der Waals surface area contributed by atoms with Crippen LogP contribution in [0.5, 0.6) is 0 Å². The quantitative estimate of drug-likeness (QED) is 0.657. The van der Waals surface area contributed by atoms with E-state index in [1.165, 1.54) is 24.3 Å². The van der Waals surface area contributed by atoms with Gasteiger partial charge in [0.2, 0.25) is 0 Å².